The molecule has 0 bridgehead atoms. The SMILES string of the molecule is N#Cc1ccc(-c2ccc(CCN(C#N)C(=O)O)cc2)cc1F. The van der Waals surface area contributed by atoms with E-state index >= 15 is 0 Å². The van der Waals surface area contributed by atoms with E-state index in [1.54, 1.807) is 42.6 Å². The fraction of sp³-hybridized carbons (Fsp3) is 0.118. The Morgan fingerprint density at radius 1 is 1.13 bits per heavy atom. The second-order valence-corrected chi connectivity index (χ2v) is 4.79. The third-order valence-electron chi connectivity index (χ3n) is 3.35. The minimum Gasteiger partial charge on any atom is -0.464 e. The Balaban J connectivity index is 2.11. The summed E-state index contributed by atoms with van der Waals surface area (Å²) in [6, 6.07) is 13.3. The maximum atomic E-state index is 13.6. The normalized spacial score (nSPS) is 9.70. The van der Waals surface area contributed by atoms with Crippen LogP contribution in [0.1, 0.15) is 11.1 Å². The number of halogens is 1. The molecule has 0 aromatic heterocycles. The van der Waals surface area contributed by atoms with Gasteiger partial charge in [0.2, 0.25) is 0 Å². The molecular weight excluding hydrogens is 297 g/mol. The number of hydrogen-bond donors (Lipinski definition) is 1. The highest BCUT2D eigenvalue weighted by atomic mass is 19.1. The van der Waals surface area contributed by atoms with E-state index in [2.05, 4.69) is 0 Å². The van der Waals surface area contributed by atoms with E-state index in [0.29, 0.717) is 16.9 Å². The van der Waals surface area contributed by atoms with Crippen LogP contribution in [0.4, 0.5) is 9.18 Å². The van der Waals surface area contributed by atoms with E-state index in [0.717, 1.165) is 11.1 Å². The molecule has 0 saturated carbocycles. The number of carboxylic acid groups (broad SMARTS) is 1. The Morgan fingerprint density at radius 3 is 2.30 bits per heavy atom. The van der Waals surface area contributed by atoms with Gasteiger partial charge in [0, 0.05) is 6.54 Å². The molecule has 2 aromatic carbocycles. The summed E-state index contributed by atoms with van der Waals surface area (Å²) in [6.07, 6.45) is 0.716. The first kappa shape index (κ1) is 16.0. The van der Waals surface area contributed by atoms with E-state index in [4.69, 9.17) is 15.6 Å². The van der Waals surface area contributed by atoms with Gasteiger partial charge < -0.3 is 5.11 Å². The van der Waals surface area contributed by atoms with Gasteiger partial charge in [-0.2, -0.15) is 10.5 Å². The molecule has 23 heavy (non-hydrogen) atoms. The summed E-state index contributed by atoms with van der Waals surface area (Å²) >= 11 is 0. The average Bonchev–Trinajstić information content (AvgIpc) is 2.55. The maximum Gasteiger partial charge on any atom is 0.420 e. The molecule has 0 aliphatic rings. The quantitative estimate of drug-likeness (QED) is 0.692. The molecule has 0 unspecified atom stereocenters. The van der Waals surface area contributed by atoms with Crippen LogP contribution in [0.5, 0.6) is 0 Å². The van der Waals surface area contributed by atoms with Crippen LogP contribution >= 0.6 is 0 Å². The molecule has 0 radical (unpaired) electrons. The van der Waals surface area contributed by atoms with Crippen molar-refractivity contribution in [3.05, 3.63) is 59.4 Å². The number of hydrogen-bond acceptors (Lipinski definition) is 3. The number of nitrogens with zero attached hydrogens (tertiary/aromatic N) is 3. The van der Waals surface area contributed by atoms with Crippen molar-refractivity contribution in [2.75, 3.05) is 6.54 Å². The average molecular weight is 309 g/mol. The highest BCUT2D eigenvalue weighted by molar-refractivity contribution is 5.67. The van der Waals surface area contributed by atoms with Crippen LogP contribution < -0.4 is 0 Å². The van der Waals surface area contributed by atoms with Crippen LogP contribution in [0.3, 0.4) is 0 Å². The Morgan fingerprint density at radius 2 is 1.78 bits per heavy atom. The topological polar surface area (TPSA) is 88.1 Å². The van der Waals surface area contributed by atoms with Gasteiger partial charge >= 0.3 is 6.09 Å². The van der Waals surface area contributed by atoms with Crippen LogP contribution in [0.15, 0.2) is 42.5 Å². The Kier molecular flexibility index (Phi) is 4.91. The van der Waals surface area contributed by atoms with E-state index in [-0.39, 0.29) is 12.1 Å². The second kappa shape index (κ2) is 7.06. The molecular formula is C17H12FN3O2. The minimum atomic E-state index is -1.28. The predicted molar refractivity (Wildman–Crippen MR) is 80.6 cm³/mol. The first-order chi connectivity index (χ1) is 11.0. The first-order valence-electron chi connectivity index (χ1n) is 6.74. The smallest absolute Gasteiger partial charge is 0.420 e. The van der Waals surface area contributed by atoms with Gasteiger partial charge in [-0.05, 0) is 35.2 Å². The summed E-state index contributed by atoms with van der Waals surface area (Å²) in [5, 5.41) is 26.2. The van der Waals surface area contributed by atoms with E-state index in [9.17, 15) is 9.18 Å². The third kappa shape index (κ3) is 3.84. The number of carbonyl (C=O) groups is 1. The molecule has 0 heterocycles. The molecule has 0 aliphatic heterocycles. The van der Waals surface area contributed by atoms with Crippen molar-refractivity contribution in [2.45, 2.75) is 6.42 Å². The van der Waals surface area contributed by atoms with Crippen LogP contribution in [0.25, 0.3) is 11.1 Å². The third-order valence-corrected chi connectivity index (χ3v) is 3.35. The zero-order chi connectivity index (χ0) is 16.8. The first-order valence-corrected chi connectivity index (χ1v) is 6.74. The summed E-state index contributed by atoms with van der Waals surface area (Å²) in [4.78, 5) is 11.4. The van der Waals surface area contributed by atoms with Crippen LogP contribution in [0.2, 0.25) is 0 Å². The lowest BCUT2D eigenvalue weighted by molar-refractivity contribution is 0.166. The molecule has 2 rings (SSSR count). The largest absolute Gasteiger partial charge is 0.464 e. The van der Waals surface area contributed by atoms with Crippen molar-refractivity contribution in [2.24, 2.45) is 0 Å². The summed E-state index contributed by atoms with van der Waals surface area (Å²) in [5.41, 5.74) is 2.30. The molecule has 114 valence electrons. The van der Waals surface area contributed by atoms with Crippen molar-refractivity contribution in [1.29, 1.82) is 10.5 Å². The zero-order valence-corrected chi connectivity index (χ0v) is 12.0. The predicted octanol–water partition coefficient (Wildman–Crippen LogP) is 3.37. The summed E-state index contributed by atoms with van der Waals surface area (Å²) in [5.74, 6) is -0.569. The fourth-order valence-electron chi connectivity index (χ4n) is 2.08. The van der Waals surface area contributed by atoms with Gasteiger partial charge in [0.1, 0.15) is 11.9 Å². The van der Waals surface area contributed by atoms with Crippen molar-refractivity contribution < 1.29 is 14.3 Å². The zero-order valence-electron chi connectivity index (χ0n) is 12.0. The molecule has 1 N–H and O–H groups in total. The molecule has 0 fully saturated rings. The fourth-order valence-corrected chi connectivity index (χ4v) is 2.08. The van der Waals surface area contributed by atoms with E-state index in [1.165, 1.54) is 12.1 Å². The number of rotatable bonds is 4. The summed E-state index contributed by atoms with van der Waals surface area (Å²) < 4.78 is 13.6. The summed E-state index contributed by atoms with van der Waals surface area (Å²) in [7, 11) is 0. The molecule has 1 amide bonds. The Hall–Kier alpha value is -3.38. The number of amides is 1. The minimum absolute atomic E-state index is 0.00404. The highest BCUT2D eigenvalue weighted by Gasteiger charge is 2.10. The van der Waals surface area contributed by atoms with Crippen molar-refractivity contribution in [1.82, 2.24) is 4.90 Å². The van der Waals surface area contributed by atoms with E-state index < -0.39 is 11.9 Å². The van der Waals surface area contributed by atoms with Crippen molar-refractivity contribution in [3.8, 4) is 23.4 Å². The highest BCUT2D eigenvalue weighted by Crippen LogP contribution is 2.22. The standard InChI is InChI=1S/C17H12FN3O2/c18-16-9-14(5-6-15(16)10-19)13-3-1-12(2-4-13)7-8-21(11-20)17(22)23/h1-6,9H,7-8H2,(H,22,23). The monoisotopic (exact) mass is 309 g/mol. The van der Waals surface area contributed by atoms with Gasteiger partial charge in [-0.3, -0.25) is 0 Å². The molecule has 5 nitrogen and oxygen atoms in total. The molecule has 0 saturated heterocycles. The van der Waals surface area contributed by atoms with Crippen LogP contribution in [0, 0.1) is 28.6 Å². The number of nitriles is 2. The molecule has 0 spiro atoms. The molecule has 2 aromatic rings. The van der Waals surface area contributed by atoms with Crippen molar-refractivity contribution >= 4 is 6.09 Å². The Bertz CT molecular complexity index is 804. The van der Waals surface area contributed by atoms with Crippen LogP contribution in [-0.4, -0.2) is 22.6 Å². The van der Waals surface area contributed by atoms with Gasteiger partial charge in [0.15, 0.2) is 6.19 Å². The second-order valence-electron chi connectivity index (χ2n) is 4.79. The van der Waals surface area contributed by atoms with Crippen LogP contribution in [-0.2, 0) is 6.42 Å². The van der Waals surface area contributed by atoms with Gasteiger partial charge in [0.05, 0.1) is 5.56 Å². The lowest BCUT2D eigenvalue weighted by Gasteiger charge is -2.09. The molecule has 0 aliphatic carbocycles. The lowest BCUT2D eigenvalue weighted by Crippen LogP contribution is -2.26. The summed E-state index contributed by atoms with van der Waals surface area (Å²) in [6.45, 7) is 0.0800. The van der Waals surface area contributed by atoms with Gasteiger partial charge in [0.25, 0.3) is 0 Å². The van der Waals surface area contributed by atoms with Gasteiger partial charge in [-0.1, -0.05) is 30.3 Å². The molecule has 6 heteroatoms. The Labute approximate surface area is 132 Å². The van der Waals surface area contributed by atoms with Crippen molar-refractivity contribution in [3.63, 3.8) is 0 Å². The maximum absolute atomic E-state index is 13.6. The van der Waals surface area contributed by atoms with E-state index in [1.807, 2.05) is 0 Å². The number of benzene rings is 2. The molecule has 0 atom stereocenters. The van der Waals surface area contributed by atoms with Gasteiger partial charge in [-0.15, -0.1) is 0 Å². The lowest BCUT2D eigenvalue weighted by atomic mass is 10.0. The van der Waals surface area contributed by atoms with Gasteiger partial charge in [-0.25, -0.2) is 14.1 Å².